The minimum Gasteiger partial charge on any atom is -0.325 e. The van der Waals surface area contributed by atoms with Crippen molar-refractivity contribution in [3.05, 3.63) is 63.6 Å². The Kier molecular flexibility index (Phi) is 6.62. The number of nitrogens with one attached hydrogen (secondary N) is 1. The van der Waals surface area contributed by atoms with Gasteiger partial charge in [-0.05, 0) is 30.8 Å². The number of amides is 1. The molecular weight excluding hydrogens is 345 g/mol. The Morgan fingerprint density at radius 2 is 1.96 bits per heavy atom. The van der Waals surface area contributed by atoms with Crippen LogP contribution in [0.25, 0.3) is 0 Å². The van der Waals surface area contributed by atoms with Gasteiger partial charge in [-0.15, -0.1) is 0 Å². The Labute approximate surface area is 151 Å². The van der Waals surface area contributed by atoms with E-state index >= 15 is 0 Å². The first-order valence-electron chi connectivity index (χ1n) is 7.41. The molecule has 1 N–H and O–H groups in total. The van der Waals surface area contributed by atoms with Crippen molar-refractivity contribution in [1.29, 1.82) is 5.26 Å². The van der Waals surface area contributed by atoms with E-state index < -0.39 is 0 Å². The van der Waals surface area contributed by atoms with Crippen molar-refractivity contribution in [2.24, 2.45) is 0 Å². The zero-order chi connectivity index (χ0) is 17.5. The van der Waals surface area contributed by atoms with Gasteiger partial charge in [-0.25, -0.2) is 0 Å². The second kappa shape index (κ2) is 8.70. The highest BCUT2D eigenvalue weighted by Crippen LogP contribution is 2.26. The zero-order valence-electron chi connectivity index (χ0n) is 13.2. The molecule has 6 heteroatoms. The lowest BCUT2D eigenvalue weighted by molar-refractivity contribution is -0.116. The van der Waals surface area contributed by atoms with Crippen LogP contribution in [0.15, 0.2) is 42.5 Å². The van der Waals surface area contributed by atoms with E-state index in [0.717, 1.165) is 5.56 Å². The van der Waals surface area contributed by atoms with Crippen molar-refractivity contribution in [3.8, 4) is 6.07 Å². The van der Waals surface area contributed by atoms with E-state index in [1.54, 1.807) is 30.3 Å². The highest BCUT2D eigenvalue weighted by Gasteiger charge is 2.10. The van der Waals surface area contributed by atoms with E-state index in [1.807, 2.05) is 24.1 Å². The summed E-state index contributed by atoms with van der Waals surface area (Å²) in [6.07, 6.45) is 0.314. The Bertz CT molecular complexity index is 771. The van der Waals surface area contributed by atoms with Crippen LogP contribution in [-0.2, 0) is 11.3 Å². The third-order valence-corrected chi connectivity index (χ3v) is 4.37. The van der Waals surface area contributed by atoms with E-state index in [2.05, 4.69) is 11.4 Å². The molecule has 0 fully saturated rings. The second-order valence-corrected chi connectivity index (χ2v) is 6.19. The summed E-state index contributed by atoms with van der Waals surface area (Å²) in [5, 5.41) is 12.9. The number of hydrogen-bond donors (Lipinski definition) is 1. The van der Waals surface area contributed by atoms with E-state index in [4.69, 9.17) is 28.5 Å². The van der Waals surface area contributed by atoms with Gasteiger partial charge in [0.05, 0.1) is 21.3 Å². The topological polar surface area (TPSA) is 56.1 Å². The number of benzene rings is 2. The van der Waals surface area contributed by atoms with Crippen LogP contribution in [0.2, 0.25) is 10.0 Å². The molecule has 2 rings (SSSR count). The zero-order valence-corrected chi connectivity index (χ0v) is 14.7. The van der Waals surface area contributed by atoms with Crippen molar-refractivity contribution >= 4 is 34.8 Å². The first kappa shape index (κ1) is 18.3. The predicted molar refractivity (Wildman–Crippen MR) is 97.2 cm³/mol. The third-order valence-electron chi connectivity index (χ3n) is 3.51. The van der Waals surface area contributed by atoms with Gasteiger partial charge in [-0.1, -0.05) is 47.5 Å². The summed E-state index contributed by atoms with van der Waals surface area (Å²) < 4.78 is 0. The van der Waals surface area contributed by atoms with Gasteiger partial charge in [0.1, 0.15) is 6.07 Å². The number of hydrogen-bond acceptors (Lipinski definition) is 3. The smallest absolute Gasteiger partial charge is 0.225 e. The number of carbonyl (C=O) groups excluding carboxylic acids is 1. The maximum Gasteiger partial charge on any atom is 0.225 e. The fraction of sp³-hybridized carbons (Fsp3) is 0.222. The van der Waals surface area contributed by atoms with E-state index in [1.165, 1.54) is 0 Å². The summed E-state index contributed by atoms with van der Waals surface area (Å²) in [5.74, 6) is -0.137. The molecule has 0 heterocycles. The molecule has 24 heavy (non-hydrogen) atoms. The van der Waals surface area contributed by atoms with Crippen molar-refractivity contribution < 1.29 is 4.79 Å². The summed E-state index contributed by atoms with van der Waals surface area (Å²) in [5.41, 5.74) is 1.90. The molecule has 4 nitrogen and oxygen atoms in total. The molecule has 0 atom stereocenters. The van der Waals surface area contributed by atoms with Crippen LogP contribution in [0.4, 0.5) is 5.69 Å². The molecule has 0 saturated heterocycles. The maximum atomic E-state index is 12.1. The molecule has 0 radical (unpaired) electrons. The monoisotopic (exact) mass is 361 g/mol. The molecule has 0 saturated carbocycles. The average molecular weight is 362 g/mol. The summed E-state index contributed by atoms with van der Waals surface area (Å²) in [7, 11) is 1.91. The van der Waals surface area contributed by atoms with Gasteiger partial charge < -0.3 is 10.2 Å². The number of nitrogens with zero attached hydrogens (tertiary/aromatic N) is 2. The van der Waals surface area contributed by atoms with Gasteiger partial charge in [-0.2, -0.15) is 5.26 Å². The Hall–Kier alpha value is -2.06. The van der Waals surface area contributed by atoms with Crippen molar-refractivity contribution in [2.75, 3.05) is 18.9 Å². The minimum atomic E-state index is -0.137. The lowest BCUT2D eigenvalue weighted by Gasteiger charge is -2.17. The molecule has 2 aromatic carbocycles. The third kappa shape index (κ3) is 4.97. The van der Waals surface area contributed by atoms with Gasteiger partial charge >= 0.3 is 0 Å². The minimum absolute atomic E-state index is 0.137. The van der Waals surface area contributed by atoms with Crippen LogP contribution < -0.4 is 5.32 Å². The number of halogens is 2. The molecular formula is C18H17Cl2N3O. The molecule has 0 unspecified atom stereocenters. The average Bonchev–Trinajstić information content (AvgIpc) is 2.58. The maximum absolute atomic E-state index is 12.1. The number of rotatable bonds is 6. The van der Waals surface area contributed by atoms with Crippen LogP contribution in [0, 0.1) is 11.3 Å². The van der Waals surface area contributed by atoms with Gasteiger partial charge in [0, 0.05) is 19.5 Å². The van der Waals surface area contributed by atoms with Gasteiger partial charge in [0.15, 0.2) is 0 Å². The van der Waals surface area contributed by atoms with Crippen LogP contribution >= 0.6 is 23.2 Å². The molecule has 2 aromatic rings. The normalized spacial score (nSPS) is 10.5. The van der Waals surface area contributed by atoms with E-state index in [9.17, 15) is 4.79 Å². The number of nitriles is 1. The molecule has 124 valence electrons. The molecule has 1 amide bonds. The fourth-order valence-corrected chi connectivity index (χ4v) is 2.62. The Morgan fingerprint density at radius 3 is 2.71 bits per heavy atom. The van der Waals surface area contributed by atoms with E-state index in [-0.39, 0.29) is 5.91 Å². The van der Waals surface area contributed by atoms with Crippen LogP contribution in [-0.4, -0.2) is 24.4 Å². The predicted octanol–water partition coefficient (Wildman–Crippen LogP) is 4.33. The first-order valence-corrected chi connectivity index (χ1v) is 8.17. The largest absolute Gasteiger partial charge is 0.325 e. The Morgan fingerprint density at radius 1 is 1.21 bits per heavy atom. The fourth-order valence-electron chi connectivity index (χ4n) is 2.24. The first-order chi connectivity index (χ1) is 11.5. The summed E-state index contributed by atoms with van der Waals surface area (Å²) >= 11 is 12.2. The molecule has 0 bridgehead atoms. The molecule has 0 aliphatic heterocycles. The van der Waals surface area contributed by atoms with E-state index in [0.29, 0.717) is 40.8 Å². The molecule has 0 aliphatic carbocycles. The van der Waals surface area contributed by atoms with Crippen LogP contribution in [0.3, 0.4) is 0 Å². The highest BCUT2D eigenvalue weighted by molar-refractivity contribution is 6.42. The van der Waals surface area contributed by atoms with Gasteiger partial charge in [0.25, 0.3) is 0 Å². The standard InChI is InChI=1S/C18H17Cl2N3O/c1-23(12-14-6-4-7-15(19)18(14)20)10-9-17(24)22-16-8-3-2-5-13(16)11-21/h2-8H,9-10,12H2,1H3,(H,22,24). The molecule has 0 spiro atoms. The SMILES string of the molecule is CN(CCC(=O)Nc1ccccc1C#N)Cc1cccc(Cl)c1Cl. The molecule has 0 aliphatic rings. The lowest BCUT2D eigenvalue weighted by Crippen LogP contribution is -2.24. The quantitative estimate of drug-likeness (QED) is 0.832. The number of carbonyl (C=O) groups is 1. The van der Waals surface area contributed by atoms with Gasteiger partial charge in [0.2, 0.25) is 5.91 Å². The Balaban J connectivity index is 1.87. The summed E-state index contributed by atoms with van der Waals surface area (Å²) in [6.45, 7) is 1.16. The number of anilines is 1. The van der Waals surface area contributed by atoms with Gasteiger partial charge in [-0.3, -0.25) is 4.79 Å². The van der Waals surface area contributed by atoms with Crippen molar-refractivity contribution in [3.63, 3.8) is 0 Å². The lowest BCUT2D eigenvalue weighted by atomic mass is 10.2. The highest BCUT2D eigenvalue weighted by atomic mass is 35.5. The summed E-state index contributed by atoms with van der Waals surface area (Å²) in [6, 6.07) is 14.5. The van der Waals surface area contributed by atoms with Crippen LogP contribution in [0.5, 0.6) is 0 Å². The van der Waals surface area contributed by atoms with Crippen LogP contribution in [0.1, 0.15) is 17.5 Å². The van der Waals surface area contributed by atoms with Crippen molar-refractivity contribution in [2.45, 2.75) is 13.0 Å². The summed E-state index contributed by atoms with van der Waals surface area (Å²) in [4.78, 5) is 14.1. The molecule has 0 aromatic heterocycles. The second-order valence-electron chi connectivity index (χ2n) is 5.41. The number of para-hydroxylation sites is 1. The van der Waals surface area contributed by atoms with Crippen molar-refractivity contribution in [1.82, 2.24) is 4.90 Å².